The number of carbonyl (C=O) groups excluding carboxylic acids is 2. The van der Waals surface area contributed by atoms with Crippen LogP contribution in [0.2, 0.25) is 0 Å². The Morgan fingerprint density at radius 3 is 2.53 bits per heavy atom. The standard InChI is InChI=1S/C30H30N2O4/c1-18-9-11-20(12-10-18)27-19(2)5-3-6-22(27)30(34)32-17-21-15-24(21)25(32)16-31-29(33)23-7-4-8-26-28(23)36-14-13-35-26/h3-12,21,24-25H,13-17H2,1-2H3,(H,31,33)/t21-,24-,25-/m1/s1. The van der Waals surface area contributed by atoms with E-state index in [1.807, 2.05) is 23.1 Å². The van der Waals surface area contributed by atoms with Crippen molar-refractivity contribution in [2.75, 3.05) is 26.3 Å². The van der Waals surface area contributed by atoms with Crippen LogP contribution in [-0.4, -0.2) is 49.1 Å². The normalized spacial score (nSPS) is 21.6. The van der Waals surface area contributed by atoms with Gasteiger partial charge >= 0.3 is 0 Å². The van der Waals surface area contributed by atoms with Crippen LogP contribution in [0.25, 0.3) is 11.1 Å². The number of nitrogens with one attached hydrogen (secondary N) is 1. The fourth-order valence-electron chi connectivity index (χ4n) is 5.72. The summed E-state index contributed by atoms with van der Waals surface area (Å²) in [4.78, 5) is 29.0. The fourth-order valence-corrected chi connectivity index (χ4v) is 5.72. The van der Waals surface area contributed by atoms with Gasteiger partial charge in [0.15, 0.2) is 11.5 Å². The number of piperidine rings is 1. The van der Waals surface area contributed by atoms with Crippen molar-refractivity contribution < 1.29 is 19.1 Å². The summed E-state index contributed by atoms with van der Waals surface area (Å²) >= 11 is 0. The number of carbonyl (C=O) groups is 2. The number of hydrogen-bond donors (Lipinski definition) is 1. The third-order valence-electron chi connectivity index (χ3n) is 7.69. The van der Waals surface area contributed by atoms with Crippen LogP contribution in [0, 0.1) is 25.7 Å². The molecule has 0 aromatic heterocycles. The molecule has 2 amide bonds. The molecule has 3 aromatic rings. The van der Waals surface area contributed by atoms with E-state index in [0.29, 0.717) is 48.7 Å². The molecule has 36 heavy (non-hydrogen) atoms. The number of benzene rings is 3. The van der Waals surface area contributed by atoms with Crippen LogP contribution in [0.3, 0.4) is 0 Å². The Kier molecular flexibility index (Phi) is 5.67. The molecule has 3 aliphatic rings. The summed E-state index contributed by atoms with van der Waals surface area (Å²) in [5, 5.41) is 3.08. The number of amides is 2. The molecule has 6 rings (SSSR count). The van der Waals surface area contributed by atoms with E-state index in [1.54, 1.807) is 12.1 Å². The lowest BCUT2D eigenvalue weighted by Crippen LogP contribution is -2.45. The van der Waals surface area contributed by atoms with Gasteiger partial charge in [0.05, 0.1) is 11.6 Å². The first kappa shape index (κ1) is 22.7. The first-order valence-corrected chi connectivity index (χ1v) is 12.7. The van der Waals surface area contributed by atoms with Gasteiger partial charge in [-0.05, 0) is 67.0 Å². The number of nitrogens with zero attached hydrogens (tertiary/aromatic N) is 1. The second kappa shape index (κ2) is 9.01. The summed E-state index contributed by atoms with van der Waals surface area (Å²) in [6.45, 7) is 6.17. The summed E-state index contributed by atoms with van der Waals surface area (Å²) in [5.74, 6) is 1.87. The average molecular weight is 483 g/mol. The highest BCUT2D eigenvalue weighted by molar-refractivity contribution is 6.02. The molecule has 1 aliphatic carbocycles. The Balaban J connectivity index is 1.23. The van der Waals surface area contributed by atoms with Crippen LogP contribution < -0.4 is 14.8 Å². The van der Waals surface area contributed by atoms with Crippen molar-refractivity contribution in [3.05, 3.63) is 82.9 Å². The molecular formula is C30H30N2O4. The summed E-state index contributed by atoms with van der Waals surface area (Å²) in [6.07, 6.45) is 1.11. The van der Waals surface area contributed by atoms with Crippen LogP contribution >= 0.6 is 0 Å². The zero-order valence-corrected chi connectivity index (χ0v) is 20.6. The second-order valence-electron chi connectivity index (χ2n) is 10.1. The lowest BCUT2D eigenvalue weighted by molar-refractivity contribution is 0.0695. The number of hydrogen-bond acceptors (Lipinski definition) is 4. The molecule has 3 aromatic carbocycles. The highest BCUT2D eigenvalue weighted by Crippen LogP contribution is 2.50. The minimum absolute atomic E-state index is 0.0189. The Bertz CT molecular complexity index is 1330. The van der Waals surface area contributed by atoms with Crippen molar-refractivity contribution in [3.8, 4) is 22.6 Å². The Morgan fingerprint density at radius 2 is 1.69 bits per heavy atom. The summed E-state index contributed by atoms with van der Waals surface area (Å²) in [7, 11) is 0. The minimum Gasteiger partial charge on any atom is -0.486 e. The van der Waals surface area contributed by atoms with E-state index < -0.39 is 0 Å². The monoisotopic (exact) mass is 482 g/mol. The van der Waals surface area contributed by atoms with Crippen molar-refractivity contribution >= 4 is 11.8 Å². The first-order chi connectivity index (χ1) is 17.5. The third-order valence-corrected chi connectivity index (χ3v) is 7.69. The Labute approximate surface area is 211 Å². The van der Waals surface area contributed by atoms with Crippen molar-refractivity contribution in [2.45, 2.75) is 26.3 Å². The van der Waals surface area contributed by atoms with Gasteiger partial charge in [-0.1, -0.05) is 48.0 Å². The van der Waals surface area contributed by atoms with Crippen molar-refractivity contribution in [2.24, 2.45) is 11.8 Å². The van der Waals surface area contributed by atoms with Crippen molar-refractivity contribution in [1.29, 1.82) is 0 Å². The van der Waals surface area contributed by atoms with Crippen LogP contribution in [0.4, 0.5) is 0 Å². The predicted molar refractivity (Wildman–Crippen MR) is 138 cm³/mol. The van der Waals surface area contributed by atoms with Gasteiger partial charge in [0.1, 0.15) is 13.2 Å². The summed E-state index contributed by atoms with van der Waals surface area (Å²) < 4.78 is 11.3. The van der Waals surface area contributed by atoms with E-state index in [0.717, 1.165) is 35.2 Å². The van der Waals surface area contributed by atoms with Crippen LogP contribution in [0.15, 0.2) is 60.7 Å². The molecule has 184 valence electrons. The quantitative estimate of drug-likeness (QED) is 0.576. The van der Waals surface area contributed by atoms with Crippen molar-refractivity contribution in [3.63, 3.8) is 0 Å². The van der Waals surface area contributed by atoms with Crippen LogP contribution in [0.1, 0.15) is 38.3 Å². The second-order valence-corrected chi connectivity index (χ2v) is 10.1. The van der Waals surface area contributed by atoms with E-state index in [4.69, 9.17) is 9.47 Å². The molecule has 2 aliphatic heterocycles. The molecule has 0 radical (unpaired) electrons. The lowest BCUT2D eigenvalue weighted by Gasteiger charge is -2.29. The smallest absolute Gasteiger partial charge is 0.255 e. The summed E-state index contributed by atoms with van der Waals surface area (Å²) in [6, 6.07) is 19.6. The zero-order valence-electron chi connectivity index (χ0n) is 20.6. The van der Waals surface area contributed by atoms with Gasteiger partial charge < -0.3 is 19.7 Å². The van der Waals surface area contributed by atoms with Crippen LogP contribution in [-0.2, 0) is 0 Å². The summed E-state index contributed by atoms with van der Waals surface area (Å²) in [5.41, 5.74) is 5.49. The third kappa shape index (κ3) is 4.00. The predicted octanol–water partition coefficient (Wildman–Crippen LogP) is 4.63. The van der Waals surface area contributed by atoms with Gasteiger partial charge in [-0.3, -0.25) is 9.59 Å². The Morgan fingerprint density at radius 1 is 0.944 bits per heavy atom. The maximum atomic E-state index is 13.9. The van der Waals surface area contributed by atoms with Crippen LogP contribution in [0.5, 0.6) is 11.5 Å². The number of fused-ring (bicyclic) bond motifs is 2. The molecule has 6 nitrogen and oxygen atoms in total. The number of rotatable bonds is 5. The minimum atomic E-state index is -0.204. The Hall–Kier alpha value is -3.80. The SMILES string of the molecule is Cc1ccc(-c2c(C)cccc2C(=O)N2C[C@H]3C[C@H]3[C@H]2CNC(=O)c2cccc3c2OCCO3)cc1. The zero-order chi connectivity index (χ0) is 24.8. The molecule has 0 bridgehead atoms. The van der Waals surface area contributed by atoms with E-state index in [9.17, 15) is 9.59 Å². The maximum absolute atomic E-state index is 13.9. The number of ether oxygens (including phenoxy) is 2. The first-order valence-electron chi connectivity index (χ1n) is 12.7. The van der Waals surface area contributed by atoms with Gasteiger partial charge in [0.2, 0.25) is 0 Å². The number of aryl methyl sites for hydroxylation is 2. The van der Waals surface area contributed by atoms with E-state index in [1.165, 1.54) is 5.56 Å². The van der Waals surface area contributed by atoms with E-state index in [-0.39, 0.29) is 17.9 Å². The molecule has 0 unspecified atom stereocenters. The molecule has 1 saturated carbocycles. The highest BCUT2D eigenvalue weighted by Gasteiger charge is 2.54. The molecule has 3 atom stereocenters. The molecule has 2 fully saturated rings. The molecule has 0 spiro atoms. The molecule has 1 N–H and O–H groups in total. The van der Waals surface area contributed by atoms with Crippen molar-refractivity contribution in [1.82, 2.24) is 10.2 Å². The fraction of sp³-hybridized carbons (Fsp3) is 0.333. The molecule has 1 saturated heterocycles. The largest absolute Gasteiger partial charge is 0.486 e. The van der Waals surface area contributed by atoms with Gasteiger partial charge in [-0.25, -0.2) is 0 Å². The average Bonchev–Trinajstić information content (AvgIpc) is 3.58. The highest BCUT2D eigenvalue weighted by atomic mass is 16.6. The van der Waals surface area contributed by atoms with Gasteiger partial charge in [-0.15, -0.1) is 0 Å². The number of likely N-dealkylation sites (tertiary alicyclic amines) is 1. The molecule has 6 heteroatoms. The van der Waals surface area contributed by atoms with Gasteiger partial charge in [0, 0.05) is 18.7 Å². The van der Waals surface area contributed by atoms with E-state index >= 15 is 0 Å². The number of para-hydroxylation sites is 1. The molecule has 2 heterocycles. The maximum Gasteiger partial charge on any atom is 0.255 e. The topological polar surface area (TPSA) is 67.9 Å². The van der Waals surface area contributed by atoms with Gasteiger partial charge in [0.25, 0.3) is 11.8 Å². The molecular weight excluding hydrogens is 452 g/mol. The van der Waals surface area contributed by atoms with E-state index in [2.05, 4.69) is 49.5 Å². The van der Waals surface area contributed by atoms with Gasteiger partial charge in [-0.2, -0.15) is 0 Å². The lowest BCUT2D eigenvalue weighted by atomic mass is 9.93.